The van der Waals surface area contributed by atoms with Gasteiger partial charge in [0.25, 0.3) is 0 Å². The van der Waals surface area contributed by atoms with E-state index in [0.717, 1.165) is 19.8 Å². The molecule has 2 aliphatic rings. The van der Waals surface area contributed by atoms with Crippen molar-refractivity contribution in [3.8, 4) is 0 Å². The molecule has 0 radical (unpaired) electrons. The lowest BCUT2D eigenvalue weighted by Crippen LogP contribution is -2.50. The van der Waals surface area contributed by atoms with Gasteiger partial charge in [-0.2, -0.15) is 0 Å². The molecule has 0 aromatic carbocycles. The molecule has 0 spiro atoms. The van der Waals surface area contributed by atoms with Crippen LogP contribution < -0.4 is 5.32 Å². The van der Waals surface area contributed by atoms with Crippen molar-refractivity contribution in [2.75, 3.05) is 19.8 Å². The predicted octanol–water partition coefficient (Wildman–Crippen LogP) is 1.80. The van der Waals surface area contributed by atoms with Gasteiger partial charge >= 0.3 is 0 Å². The van der Waals surface area contributed by atoms with Gasteiger partial charge in [0, 0.05) is 18.0 Å². The maximum atomic E-state index is 5.23. The third-order valence-electron chi connectivity index (χ3n) is 3.82. The molecule has 0 bridgehead atoms. The van der Waals surface area contributed by atoms with Gasteiger partial charge in [0.2, 0.25) is 0 Å². The highest BCUT2D eigenvalue weighted by Crippen LogP contribution is 2.48. The molecular weight excluding hydrogens is 162 g/mol. The first kappa shape index (κ1) is 9.47. The minimum absolute atomic E-state index is 0.416. The summed E-state index contributed by atoms with van der Waals surface area (Å²) in [7, 11) is 0. The molecule has 0 amide bonds. The van der Waals surface area contributed by atoms with Crippen molar-refractivity contribution in [1.82, 2.24) is 5.32 Å². The van der Waals surface area contributed by atoms with Gasteiger partial charge in [-0.1, -0.05) is 13.8 Å². The van der Waals surface area contributed by atoms with Crippen LogP contribution in [0.15, 0.2) is 0 Å². The van der Waals surface area contributed by atoms with E-state index in [1.807, 2.05) is 0 Å². The Bertz CT molecular complexity index is 194. The van der Waals surface area contributed by atoms with E-state index in [-0.39, 0.29) is 0 Å². The van der Waals surface area contributed by atoms with Gasteiger partial charge in [0.05, 0.1) is 13.2 Å². The molecule has 2 nitrogen and oxygen atoms in total. The van der Waals surface area contributed by atoms with Crippen molar-refractivity contribution in [2.24, 2.45) is 10.8 Å². The highest BCUT2D eigenvalue weighted by atomic mass is 16.5. The molecule has 0 aromatic rings. The minimum Gasteiger partial charge on any atom is -0.380 e. The molecule has 1 heterocycles. The summed E-state index contributed by atoms with van der Waals surface area (Å²) in [5.41, 5.74) is 1.01. The number of hydrogen-bond donors (Lipinski definition) is 1. The molecule has 76 valence electrons. The van der Waals surface area contributed by atoms with Gasteiger partial charge < -0.3 is 10.1 Å². The zero-order valence-electron chi connectivity index (χ0n) is 9.02. The third-order valence-corrected chi connectivity index (χ3v) is 3.82. The van der Waals surface area contributed by atoms with Crippen molar-refractivity contribution in [2.45, 2.75) is 39.7 Å². The summed E-state index contributed by atoms with van der Waals surface area (Å²) in [5, 5.41) is 3.65. The summed E-state index contributed by atoms with van der Waals surface area (Å²) < 4.78 is 5.23. The second kappa shape index (κ2) is 2.96. The molecule has 2 fully saturated rings. The van der Waals surface area contributed by atoms with Crippen molar-refractivity contribution in [1.29, 1.82) is 0 Å². The van der Waals surface area contributed by atoms with Gasteiger partial charge in [-0.25, -0.2) is 0 Å². The fourth-order valence-corrected chi connectivity index (χ4v) is 1.83. The average Bonchev–Trinajstić information content (AvgIpc) is 2.77. The minimum atomic E-state index is 0.416. The highest BCUT2D eigenvalue weighted by molar-refractivity contribution is 4.97. The lowest BCUT2D eigenvalue weighted by atomic mass is 9.87. The Labute approximate surface area is 81.0 Å². The fourth-order valence-electron chi connectivity index (χ4n) is 1.83. The third kappa shape index (κ3) is 1.89. The molecule has 1 saturated carbocycles. The first-order valence-electron chi connectivity index (χ1n) is 5.35. The highest BCUT2D eigenvalue weighted by Gasteiger charge is 2.43. The topological polar surface area (TPSA) is 21.3 Å². The van der Waals surface area contributed by atoms with Crippen molar-refractivity contribution in [3.63, 3.8) is 0 Å². The molecule has 13 heavy (non-hydrogen) atoms. The maximum Gasteiger partial charge on any atom is 0.0554 e. The zero-order chi connectivity index (χ0) is 9.53. The molecule has 1 N–H and O–H groups in total. The van der Waals surface area contributed by atoms with Crippen LogP contribution in [-0.2, 0) is 4.74 Å². The number of rotatable bonds is 4. The van der Waals surface area contributed by atoms with Crippen LogP contribution in [0.5, 0.6) is 0 Å². The Morgan fingerprint density at radius 3 is 2.31 bits per heavy atom. The summed E-state index contributed by atoms with van der Waals surface area (Å²) in [6, 6.07) is 0.671. The van der Waals surface area contributed by atoms with E-state index in [0.29, 0.717) is 16.9 Å². The fraction of sp³-hybridized carbons (Fsp3) is 1.00. The lowest BCUT2D eigenvalue weighted by Gasteiger charge is -2.39. The van der Waals surface area contributed by atoms with Gasteiger partial charge in [0.1, 0.15) is 0 Å². The van der Waals surface area contributed by atoms with Gasteiger partial charge in [-0.15, -0.1) is 0 Å². The maximum absolute atomic E-state index is 5.23. The zero-order valence-corrected chi connectivity index (χ0v) is 9.02. The molecule has 1 atom stereocenters. The first-order valence-corrected chi connectivity index (χ1v) is 5.35. The Morgan fingerprint density at radius 1 is 1.31 bits per heavy atom. The van der Waals surface area contributed by atoms with Crippen LogP contribution in [0, 0.1) is 10.8 Å². The van der Waals surface area contributed by atoms with Crippen molar-refractivity contribution >= 4 is 0 Å². The van der Waals surface area contributed by atoms with E-state index in [1.165, 1.54) is 12.8 Å². The second-order valence-corrected chi connectivity index (χ2v) is 5.56. The van der Waals surface area contributed by atoms with Crippen LogP contribution >= 0.6 is 0 Å². The van der Waals surface area contributed by atoms with E-state index in [2.05, 4.69) is 26.1 Å². The van der Waals surface area contributed by atoms with Crippen LogP contribution in [0.4, 0.5) is 0 Å². The lowest BCUT2D eigenvalue weighted by molar-refractivity contribution is -0.100. The number of ether oxygens (including phenoxy) is 1. The Balaban J connectivity index is 1.72. The van der Waals surface area contributed by atoms with E-state index in [4.69, 9.17) is 4.74 Å². The standard InChI is InChI=1S/C11H21NO/c1-9(11(3)4-5-11)12-6-10(2)7-13-8-10/h9,12H,4-8H2,1-3H3. The molecule has 1 saturated heterocycles. The van der Waals surface area contributed by atoms with E-state index < -0.39 is 0 Å². The number of nitrogens with one attached hydrogen (secondary N) is 1. The molecule has 1 aliphatic carbocycles. The summed E-state index contributed by atoms with van der Waals surface area (Å²) >= 11 is 0. The summed E-state index contributed by atoms with van der Waals surface area (Å²) in [6.07, 6.45) is 2.79. The van der Waals surface area contributed by atoms with Crippen LogP contribution in [0.1, 0.15) is 33.6 Å². The quantitative estimate of drug-likeness (QED) is 0.717. The number of hydrogen-bond acceptors (Lipinski definition) is 2. The predicted molar refractivity (Wildman–Crippen MR) is 53.7 cm³/mol. The summed E-state index contributed by atoms with van der Waals surface area (Å²) in [4.78, 5) is 0. The largest absolute Gasteiger partial charge is 0.380 e. The smallest absolute Gasteiger partial charge is 0.0554 e. The molecule has 0 aromatic heterocycles. The van der Waals surface area contributed by atoms with Crippen LogP contribution in [-0.4, -0.2) is 25.8 Å². The molecule has 1 aliphatic heterocycles. The van der Waals surface area contributed by atoms with E-state index >= 15 is 0 Å². The average molecular weight is 183 g/mol. The van der Waals surface area contributed by atoms with Gasteiger partial charge in [-0.05, 0) is 25.2 Å². The Hall–Kier alpha value is -0.0800. The molecule has 1 unspecified atom stereocenters. The van der Waals surface area contributed by atoms with Crippen LogP contribution in [0.2, 0.25) is 0 Å². The molecular formula is C11H21NO. The van der Waals surface area contributed by atoms with Crippen molar-refractivity contribution in [3.05, 3.63) is 0 Å². The SMILES string of the molecule is CC(NCC1(C)COC1)C1(C)CC1. The first-order chi connectivity index (χ1) is 6.04. The molecule has 2 heteroatoms. The van der Waals surface area contributed by atoms with E-state index in [9.17, 15) is 0 Å². The summed E-state index contributed by atoms with van der Waals surface area (Å²) in [6.45, 7) is 9.97. The van der Waals surface area contributed by atoms with Crippen LogP contribution in [0.3, 0.4) is 0 Å². The Kier molecular flexibility index (Phi) is 2.16. The van der Waals surface area contributed by atoms with Crippen LogP contribution in [0.25, 0.3) is 0 Å². The normalized spacial score (nSPS) is 30.7. The Morgan fingerprint density at radius 2 is 1.92 bits per heavy atom. The van der Waals surface area contributed by atoms with Crippen molar-refractivity contribution < 1.29 is 4.74 Å². The monoisotopic (exact) mass is 183 g/mol. The van der Waals surface area contributed by atoms with Gasteiger partial charge in [0.15, 0.2) is 0 Å². The van der Waals surface area contributed by atoms with E-state index in [1.54, 1.807) is 0 Å². The second-order valence-electron chi connectivity index (χ2n) is 5.56. The molecule has 2 rings (SSSR count). The van der Waals surface area contributed by atoms with Gasteiger partial charge in [-0.3, -0.25) is 0 Å². The summed E-state index contributed by atoms with van der Waals surface area (Å²) in [5.74, 6) is 0.